The standard InChI is InChI=1S/C30H29NO7/c1-5-20(31(6-2)27(35)8-7-15-32)9-12-23(30(36)37)19(4)29-24-13-10-21(33)11-14-25(24)38-26-17-22(34)16-18(3)28(26)29/h5,7-10,13-17,33H,1,6,11-12H2,2-4H3,(H,36,37)/b8-7-,20-9?,23-19-. The largest absolute Gasteiger partial charge is 0.512 e. The molecule has 0 aromatic heterocycles. The molecule has 2 aliphatic carbocycles. The predicted molar refractivity (Wildman–Crippen MR) is 146 cm³/mol. The summed E-state index contributed by atoms with van der Waals surface area (Å²) in [6.07, 6.45) is 10.8. The van der Waals surface area contributed by atoms with Gasteiger partial charge in [-0.15, -0.1) is 0 Å². The molecule has 3 rings (SSSR count). The number of likely N-dealkylation sites (N-methyl/N-ethyl adjacent to an activating group) is 1. The number of carbonyl (C=O) groups is 3. The molecule has 0 saturated heterocycles. The molecule has 8 heteroatoms. The lowest BCUT2D eigenvalue weighted by molar-refractivity contribution is -0.132. The van der Waals surface area contributed by atoms with E-state index < -0.39 is 11.9 Å². The van der Waals surface area contributed by atoms with E-state index in [2.05, 4.69) is 6.58 Å². The number of aliphatic carboxylic acids is 1. The molecule has 0 atom stereocenters. The average Bonchev–Trinajstić information content (AvgIpc) is 3.06. The fourth-order valence-electron chi connectivity index (χ4n) is 4.45. The van der Waals surface area contributed by atoms with E-state index in [1.54, 1.807) is 39.0 Å². The summed E-state index contributed by atoms with van der Waals surface area (Å²) in [5.41, 5.74) is 2.85. The van der Waals surface area contributed by atoms with E-state index in [9.17, 15) is 29.4 Å². The molecule has 0 saturated carbocycles. The van der Waals surface area contributed by atoms with Gasteiger partial charge < -0.3 is 19.5 Å². The number of nitrogens with zero attached hydrogens (tertiary/aromatic N) is 1. The van der Waals surface area contributed by atoms with Crippen LogP contribution in [0.5, 0.6) is 0 Å². The Hall–Kier alpha value is -4.72. The van der Waals surface area contributed by atoms with Crippen LogP contribution in [-0.2, 0) is 14.4 Å². The van der Waals surface area contributed by atoms with Gasteiger partial charge in [0.1, 0.15) is 17.5 Å². The first-order valence-corrected chi connectivity index (χ1v) is 12.0. The van der Waals surface area contributed by atoms with Crippen LogP contribution in [0.15, 0.2) is 75.3 Å². The van der Waals surface area contributed by atoms with E-state index >= 15 is 0 Å². The third-order valence-electron chi connectivity index (χ3n) is 6.24. The first-order valence-electron chi connectivity index (χ1n) is 12.0. The van der Waals surface area contributed by atoms with Crippen molar-refractivity contribution in [3.63, 3.8) is 0 Å². The lowest BCUT2D eigenvalue weighted by Crippen LogP contribution is -2.30. The van der Waals surface area contributed by atoms with Crippen LogP contribution in [0.1, 0.15) is 37.8 Å². The maximum Gasteiger partial charge on any atom is 0.332 e. The maximum absolute atomic E-state index is 12.5. The number of carboxylic acids is 1. The van der Waals surface area contributed by atoms with Crippen LogP contribution in [0.2, 0.25) is 0 Å². The van der Waals surface area contributed by atoms with Gasteiger partial charge >= 0.3 is 5.97 Å². The molecule has 0 spiro atoms. The van der Waals surface area contributed by atoms with Crippen molar-refractivity contribution in [1.82, 2.24) is 4.90 Å². The first-order chi connectivity index (χ1) is 18.1. The number of aryl methyl sites for hydroxylation is 1. The Morgan fingerprint density at radius 1 is 1.24 bits per heavy atom. The third kappa shape index (κ3) is 5.81. The molecule has 0 aromatic carbocycles. The summed E-state index contributed by atoms with van der Waals surface area (Å²) >= 11 is 0. The molecular formula is C30H29NO7. The van der Waals surface area contributed by atoms with Crippen molar-refractivity contribution in [3.05, 3.63) is 98.1 Å². The van der Waals surface area contributed by atoms with Crippen LogP contribution >= 0.6 is 0 Å². The molecule has 1 amide bonds. The quantitative estimate of drug-likeness (QED) is 0.298. The number of aliphatic hydroxyl groups excluding tert-OH is 1. The highest BCUT2D eigenvalue weighted by Gasteiger charge is 2.23. The smallest absolute Gasteiger partial charge is 0.332 e. The van der Waals surface area contributed by atoms with Gasteiger partial charge in [-0.2, -0.15) is 0 Å². The molecular weight excluding hydrogens is 486 g/mol. The van der Waals surface area contributed by atoms with Gasteiger partial charge in [0.25, 0.3) is 5.91 Å². The van der Waals surface area contributed by atoms with E-state index in [0.717, 1.165) is 12.2 Å². The summed E-state index contributed by atoms with van der Waals surface area (Å²) in [6, 6.07) is 2.82. The number of hydrogen-bond acceptors (Lipinski definition) is 6. The van der Waals surface area contributed by atoms with Gasteiger partial charge in [-0.25, -0.2) is 4.79 Å². The van der Waals surface area contributed by atoms with E-state index in [-0.39, 0.29) is 36.1 Å². The number of amides is 1. The number of allylic oxidation sites excluding steroid dienone is 6. The van der Waals surface area contributed by atoms with Gasteiger partial charge in [-0.05, 0) is 68.4 Å². The van der Waals surface area contributed by atoms with E-state index in [0.29, 0.717) is 50.6 Å². The Balaban J connectivity index is 2.30. The minimum atomic E-state index is -1.16. The highest BCUT2D eigenvalue weighted by Crippen LogP contribution is 2.32. The number of aldehydes is 1. The average molecular weight is 516 g/mol. The van der Waals surface area contributed by atoms with Crippen LogP contribution < -0.4 is 16.1 Å². The fraction of sp³-hybridized carbons (Fsp3) is 0.200. The Kier molecular flexibility index (Phi) is 8.81. The molecule has 0 fully saturated rings. The minimum Gasteiger partial charge on any atom is -0.512 e. The number of carbonyl (C=O) groups excluding carboxylic acids is 2. The number of fused-ring (bicyclic) bond motifs is 2. The Morgan fingerprint density at radius 2 is 1.97 bits per heavy atom. The van der Waals surface area contributed by atoms with Crippen LogP contribution in [0.4, 0.5) is 0 Å². The van der Waals surface area contributed by atoms with Gasteiger partial charge in [-0.1, -0.05) is 12.7 Å². The molecule has 38 heavy (non-hydrogen) atoms. The number of hydrogen-bond donors (Lipinski definition) is 2. The van der Waals surface area contributed by atoms with Gasteiger partial charge in [0.05, 0.1) is 5.76 Å². The van der Waals surface area contributed by atoms with Crippen molar-refractivity contribution in [2.75, 3.05) is 6.54 Å². The highest BCUT2D eigenvalue weighted by molar-refractivity contribution is 5.99. The zero-order valence-electron chi connectivity index (χ0n) is 21.5. The second kappa shape index (κ2) is 12.0. The zero-order chi connectivity index (χ0) is 28.0. The van der Waals surface area contributed by atoms with E-state index in [4.69, 9.17) is 4.42 Å². The van der Waals surface area contributed by atoms with Crippen LogP contribution in [0.3, 0.4) is 0 Å². The molecule has 0 aromatic rings. The van der Waals surface area contributed by atoms with Crippen LogP contribution in [0.25, 0.3) is 29.0 Å². The Bertz CT molecular complexity index is 1580. The first kappa shape index (κ1) is 27.9. The van der Waals surface area contributed by atoms with Gasteiger partial charge in [0.2, 0.25) is 0 Å². The second-order valence-corrected chi connectivity index (χ2v) is 8.62. The molecule has 0 radical (unpaired) electrons. The van der Waals surface area contributed by atoms with E-state index in [1.165, 1.54) is 29.2 Å². The number of carboxylic acid groups (broad SMARTS) is 1. The number of rotatable bonds is 9. The van der Waals surface area contributed by atoms with Crippen molar-refractivity contribution in [2.45, 2.75) is 33.6 Å². The summed E-state index contributed by atoms with van der Waals surface area (Å²) < 4.78 is 6.02. The fourth-order valence-corrected chi connectivity index (χ4v) is 4.45. The molecule has 196 valence electrons. The van der Waals surface area contributed by atoms with Crippen LogP contribution in [0, 0.1) is 6.92 Å². The van der Waals surface area contributed by atoms with Crippen molar-refractivity contribution in [3.8, 4) is 11.3 Å². The number of benzene rings is 1. The lowest BCUT2D eigenvalue weighted by Gasteiger charge is -2.21. The molecule has 8 nitrogen and oxygen atoms in total. The normalized spacial score (nSPS) is 14.0. The van der Waals surface area contributed by atoms with Crippen molar-refractivity contribution >= 4 is 35.9 Å². The number of aliphatic hydroxyl groups is 1. The molecule has 2 N–H and O–H groups in total. The molecule has 0 unspecified atom stereocenters. The van der Waals surface area contributed by atoms with Gasteiger partial charge in [-0.3, -0.25) is 14.4 Å². The summed E-state index contributed by atoms with van der Waals surface area (Å²) in [4.78, 5) is 49.2. The monoisotopic (exact) mass is 515 g/mol. The van der Waals surface area contributed by atoms with Crippen molar-refractivity contribution < 1.29 is 29.0 Å². The van der Waals surface area contributed by atoms with Crippen LogP contribution in [-0.4, -0.2) is 39.8 Å². The molecule has 1 heterocycles. The summed E-state index contributed by atoms with van der Waals surface area (Å²) in [7, 11) is 0. The van der Waals surface area contributed by atoms with Crippen molar-refractivity contribution in [1.29, 1.82) is 0 Å². The summed E-state index contributed by atoms with van der Waals surface area (Å²) in [5, 5.41) is 20.9. The molecule has 3 aliphatic rings. The summed E-state index contributed by atoms with van der Waals surface area (Å²) in [5.74, 6) is -1.18. The topological polar surface area (TPSA) is 125 Å². The van der Waals surface area contributed by atoms with Crippen molar-refractivity contribution in [2.24, 2.45) is 0 Å². The second-order valence-electron chi connectivity index (χ2n) is 8.62. The Morgan fingerprint density at radius 3 is 2.61 bits per heavy atom. The molecule has 0 bridgehead atoms. The zero-order valence-corrected chi connectivity index (χ0v) is 21.5. The maximum atomic E-state index is 12.5. The predicted octanol–water partition coefficient (Wildman–Crippen LogP) is 3.38. The van der Waals surface area contributed by atoms with E-state index in [1.807, 2.05) is 0 Å². The summed E-state index contributed by atoms with van der Waals surface area (Å²) in [6.45, 7) is 9.22. The molecule has 1 aliphatic heterocycles. The highest BCUT2D eigenvalue weighted by atomic mass is 16.4. The minimum absolute atomic E-state index is 0.0461. The lowest BCUT2D eigenvalue weighted by atomic mass is 9.89. The van der Waals surface area contributed by atoms with Gasteiger partial charge in [0.15, 0.2) is 5.43 Å². The third-order valence-corrected chi connectivity index (χ3v) is 6.24. The van der Waals surface area contributed by atoms with Gasteiger partial charge in [0, 0.05) is 59.1 Å². The SMILES string of the molecule is C=CC(=CC/C(C(=O)O)=C(\C)c1c2c(C)cc(=O)cc-2oc2c1=CC=C(O)CC=2)N(CC)C(=O)/C=C\C=O. The Labute approximate surface area is 219 Å².